The lowest BCUT2D eigenvalue weighted by molar-refractivity contribution is 0.949. The first-order valence-electron chi connectivity index (χ1n) is 6.44. The Morgan fingerprint density at radius 2 is 1.56 bits per heavy atom. The first-order valence-corrected chi connectivity index (χ1v) is 6.82. The Kier molecular flexibility index (Phi) is 3.24. The summed E-state index contributed by atoms with van der Waals surface area (Å²) in [5.74, 6) is 0. The summed E-state index contributed by atoms with van der Waals surface area (Å²) in [6.45, 7) is 2.38. The quantitative estimate of drug-likeness (QED) is 0.760. The third-order valence-corrected chi connectivity index (χ3v) is 3.73. The van der Waals surface area contributed by atoms with Crippen LogP contribution >= 0.6 is 11.6 Å². The fraction of sp³-hybridized carbons (Fsp3) is 0.250. The predicted molar refractivity (Wildman–Crippen MR) is 78.3 cm³/mol. The van der Waals surface area contributed by atoms with Gasteiger partial charge in [-0.1, -0.05) is 35.9 Å². The summed E-state index contributed by atoms with van der Waals surface area (Å²) in [5, 5.41) is 0.788. The van der Waals surface area contributed by atoms with E-state index in [1.807, 2.05) is 18.2 Å². The van der Waals surface area contributed by atoms with Crippen molar-refractivity contribution in [3.8, 4) is 11.1 Å². The summed E-state index contributed by atoms with van der Waals surface area (Å²) in [6.07, 6.45) is 2.63. The molecule has 1 saturated heterocycles. The van der Waals surface area contributed by atoms with Gasteiger partial charge in [0.25, 0.3) is 0 Å². The number of halogens is 1. The Hall–Kier alpha value is -1.47. The second-order valence-electron chi connectivity index (χ2n) is 4.75. The molecular weight excluding hydrogens is 242 g/mol. The van der Waals surface area contributed by atoms with Crippen molar-refractivity contribution in [3.63, 3.8) is 0 Å². The normalized spacial score (nSPS) is 15.1. The van der Waals surface area contributed by atoms with Crippen LogP contribution in [0.25, 0.3) is 11.1 Å². The summed E-state index contributed by atoms with van der Waals surface area (Å²) in [7, 11) is 0. The van der Waals surface area contributed by atoms with Gasteiger partial charge in [-0.05, 0) is 48.2 Å². The number of rotatable bonds is 2. The van der Waals surface area contributed by atoms with E-state index in [-0.39, 0.29) is 0 Å². The summed E-state index contributed by atoms with van der Waals surface area (Å²) in [6, 6.07) is 16.8. The van der Waals surface area contributed by atoms with Gasteiger partial charge in [0.05, 0.1) is 0 Å². The fourth-order valence-electron chi connectivity index (χ4n) is 2.51. The van der Waals surface area contributed by atoms with Gasteiger partial charge < -0.3 is 4.90 Å². The second-order valence-corrected chi connectivity index (χ2v) is 5.19. The van der Waals surface area contributed by atoms with Crippen LogP contribution in [0, 0.1) is 0 Å². The zero-order valence-electron chi connectivity index (χ0n) is 10.3. The van der Waals surface area contributed by atoms with Crippen molar-refractivity contribution in [3.05, 3.63) is 53.6 Å². The lowest BCUT2D eigenvalue weighted by atomic mass is 10.1. The molecule has 0 radical (unpaired) electrons. The molecule has 92 valence electrons. The van der Waals surface area contributed by atoms with Crippen molar-refractivity contribution in [1.82, 2.24) is 0 Å². The van der Waals surface area contributed by atoms with Crippen LogP contribution < -0.4 is 4.90 Å². The van der Waals surface area contributed by atoms with Crippen LogP contribution in [0.2, 0.25) is 5.02 Å². The van der Waals surface area contributed by atoms with Gasteiger partial charge in [-0.15, -0.1) is 0 Å². The molecule has 0 amide bonds. The van der Waals surface area contributed by atoms with Crippen molar-refractivity contribution in [2.24, 2.45) is 0 Å². The molecule has 3 rings (SSSR count). The van der Waals surface area contributed by atoms with Gasteiger partial charge >= 0.3 is 0 Å². The van der Waals surface area contributed by atoms with E-state index in [4.69, 9.17) is 11.6 Å². The van der Waals surface area contributed by atoms with Gasteiger partial charge in [0, 0.05) is 23.8 Å². The van der Waals surface area contributed by atoms with Crippen LogP contribution in [0.3, 0.4) is 0 Å². The second kappa shape index (κ2) is 5.03. The Bertz CT molecular complexity index is 527. The maximum atomic E-state index is 6.02. The number of nitrogens with zero attached hydrogens (tertiary/aromatic N) is 1. The molecule has 2 heteroatoms. The molecule has 0 atom stereocenters. The van der Waals surface area contributed by atoms with Gasteiger partial charge in [0.2, 0.25) is 0 Å². The van der Waals surface area contributed by atoms with Crippen LogP contribution in [-0.2, 0) is 0 Å². The molecule has 0 aliphatic carbocycles. The maximum absolute atomic E-state index is 6.02. The van der Waals surface area contributed by atoms with E-state index in [9.17, 15) is 0 Å². The van der Waals surface area contributed by atoms with Gasteiger partial charge in [-0.25, -0.2) is 0 Å². The Morgan fingerprint density at radius 3 is 2.22 bits per heavy atom. The molecule has 2 aromatic rings. The number of hydrogen-bond acceptors (Lipinski definition) is 1. The van der Waals surface area contributed by atoms with Crippen molar-refractivity contribution in [1.29, 1.82) is 0 Å². The Labute approximate surface area is 113 Å². The highest BCUT2D eigenvalue weighted by Gasteiger charge is 2.11. The smallest absolute Gasteiger partial charge is 0.0412 e. The highest BCUT2D eigenvalue weighted by Crippen LogP contribution is 2.26. The van der Waals surface area contributed by atoms with E-state index in [1.54, 1.807) is 0 Å². The molecule has 1 aliphatic rings. The monoisotopic (exact) mass is 257 g/mol. The van der Waals surface area contributed by atoms with Gasteiger partial charge in [0.1, 0.15) is 0 Å². The van der Waals surface area contributed by atoms with Crippen molar-refractivity contribution < 1.29 is 0 Å². The van der Waals surface area contributed by atoms with E-state index in [1.165, 1.54) is 42.7 Å². The van der Waals surface area contributed by atoms with Gasteiger partial charge in [-0.2, -0.15) is 0 Å². The van der Waals surface area contributed by atoms with Gasteiger partial charge in [0.15, 0.2) is 0 Å². The largest absolute Gasteiger partial charge is 0.372 e. The third-order valence-electron chi connectivity index (χ3n) is 3.50. The lowest BCUT2D eigenvalue weighted by Gasteiger charge is -2.17. The van der Waals surface area contributed by atoms with E-state index in [0.29, 0.717) is 0 Å². The fourth-order valence-corrected chi connectivity index (χ4v) is 2.70. The van der Waals surface area contributed by atoms with Crippen LogP contribution in [0.1, 0.15) is 12.8 Å². The highest BCUT2D eigenvalue weighted by molar-refractivity contribution is 6.30. The SMILES string of the molecule is Clc1cccc(-c2ccc(N3CCCC3)cc2)c1. The summed E-state index contributed by atoms with van der Waals surface area (Å²) >= 11 is 6.02. The van der Waals surface area contributed by atoms with Crippen LogP contribution in [0.15, 0.2) is 48.5 Å². The van der Waals surface area contributed by atoms with Crippen LogP contribution in [0.4, 0.5) is 5.69 Å². The predicted octanol–water partition coefficient (Wildman–Crippen LogP) is 4.61. The maximum Gasteiger partial charge on any atom is 0.0412 e. The van der Waals surface area contributed by atoms with E-state index < -0.39 is 0 Å². The van der Waals surface area contributed by atoms with Crippen LogP contribution in [-0.4, -0.2) is 13.1 Å². The molecule has 0 N–H and O–H groups in total. The summed E-state index contributed by atoms with van der Waals surface area (Å²) in [5.41, 5.74) is 3.73. The van der Waals surface area contributed by atoms with Crippen molar-refractivity contribution in [2.45, 2.75) is 12.8 Å². The average molecular weight is 258 g/mol. The van der Waals surface area contributed by atoms with Gasteiger partial charge in [-0.3, -0.25) is 0 Å². The molecule has 1 fully saturated rings. The number of anilines is 1. The average Bonchev–Trinajstić information content (AvgIpc) is 2.93. The number of benzene rings is 2. The third kappa shape index (κ3) is 2.37. The zero-order valence-corrected chi connectivity index (χ0v) is 11.0. The molecule has 0 unspecified atom stereocenters. The standard InChI is InChI=1S/C16H16ClN/c17-15-5-3-4-14(12-15)13-6-8-16(9-7-13)18-10-1-2-11-18/h3-9,12H,1-2,10-11H2. The zero-order chi connectivity index (χ0) is 12.4. The minimum absolute atomic E-state index is 0.788. The molecule has 1 aliphatic heterocycles. The molecule has 18 heavy (non-hydrogen) atoms. The molecule has 2 aromatic carbocycles. The topological polar surface area (TPSA) is 3.24 Å². The van der Waals surface area contributed by atoms with Crippen LogP contribution in [0.5, 0.6) is 0 Å². The summed E-state index contributed by atoms with van der Waals surface area (Å²) in [4.78, 5) is 2.45. The van der Waals surface area contributed by atoms with E-state index >= 15 is 0 Å². The first kappa shape index (κ1) is 11.6. The molecule has 1 nitrogen and oxygen atoms in total. The first-order chi connectivity index (χ1) is 8.83. The number of hydrogen-bond donors (Lipinski definition) is 0. The lowest BCUT2D eigenvalue weighted by Crippen LogP contribution is -2.17. The molecular formula is C16H16ClN. The Balaban J connectivity index is 1.86. The molecule has 0 saturated carbocycles. The molecule has 1 heterocycles. The summed E-state index contributed by atoms with van der Waals surface area (Å²) < 4.78 is 0. The van der Waals surface area contributed by atoms with E-state index in [0.717, 1.165) is 5.02 Å². The van der Waals surface area contributed by atoms with E-state index in [2.05, 4.69) is 35.2 Å². The highest BCUT2D eigenvalue weighted by atomic mass is 35.5. The molecule has 0 aromatic heterocycles. The minimum atomic E-state index is 0.788. The molecule has 0 bridgehead atoms. The minimum Gasteiger partial charge on any atom is -0.372 e. The van der Waals surface area contributed by atoms with Crippen molar-refractivity contribution >= 4 is 17.3 Å². The molecule has 0 spiro atoms. The Morgan fingerprint density at radius 1 is 0.833 bits per heavy atom. The van der Waals surface area contributed by atoms with Crippen molar-refractivity contribution in [2.75, 3.05) is 18.0 Å².